The SMILES string of the molecule is Cc1cccc(-c2nnc(CCN)o2)n1. The normalized spacial score (nSPS) is 10.5. The minimum atomic E-state index is 0.446. The third kappa shape index (κ3) is 2.19. The standard InChI is InChI=1S/C10H12N4O/c1-7-3-2-4-8(12-7)10-14-13-9(15-10)5-6-11/h2-4H,5-6,11H2,1H3. The summed E-state index contributed by atoms with van der Waals surface area (Å²) in [5.74, 6) is 0.998. The molecule has 0 bridgehead atoms. The zero-order chi connectivity index (χ0) is 10.7. The molecule has 0 saturated heterocycles. The van der Waals surface area contributed by atoms with E-state index in [1.54, 1.807) is 0 Å². The summed E-state index contributed by atoms with van der Waals surface area (Å²) in [5, 5.41) is 7.79. The molecule has 0 atom stereocenters. The molecule has 2 rings (SSSR count). The van der Waals surface area contributed by atoms with Crippen molar-refractivity contribution in [1.82, 2.24) is 15.2 Å². The van der Waals surface area contributed by atoms with Gasteiger partial charge >= 0.3 is 0 Å². The highest BCUT2D eigenvalue weighted by molar-refractivity contribution is 5.45. The predicted molar refractivity (Wildman–Crippen MR) is 55.0 cm³/mol. The minimum absolute atomic E-state index is 0.446. The molecule has 2 N–H and O–H groups in total. The first-order valence-corrected chi connectivity index (χ1v) is 4.76. The Morgan fingerprint density at radius 3 is 2.93 bits per heavy atom. The monoisotopic (exact) mass is 204 g/mol. The van der Waals surface area contributed by atoms with Gasteiger partial charge in [-0.05, 0) is 19.1 Å². The van der Waals surface area contributed by atoms with Crippen molar-refractivity contribution in [1.29, 1.82) is 0 Å². The summed E-state index contributed by atoms with van der Waals surface area (Å²) in [5.41, 5.74) is 7.01. The first-order valence-electron chi connectivity index (χ1n) is 4.76. The van der Waals surface area contributed by atoms with E-state index in [0.29, 0.717) is 30.4 Å². The predicted octanol–water partition coefficient (Wildman–Crippen LogP) is 0.941. The van der Waals surface area contributed by atoms with Gasteiger partial charge in [-0.3, -0.25) is 0 Å². The highest BCUT2D eigenvalue weighted by Gasteiger charge is 2.08. The number of rotatable bonds is 3. The highest BCUT2D eigenvalue weighted by atomic mass is 16.4. The van der Waals surface area contributed by atoms with Crippen molar-refractivity contribution in [2.45, 2.75) is 13.3 Å². The minimum Gasteiger partial charge on any atom is -0.419 e. The first-order chi connectivity index (χ1) is 7.29. The van der Waals surface area contributed by atoms with Crippen molar-refractivity contribution >= 4 is 0 Å². The molecule has 0 aromatic carbocycles. The summed E-state index contributed by atoms with van der Waals surface area (Å²) in [4.78, 5) is 4.29. The van der Waals surface area contributed by atoms with Crippen LogP contribution in [0.4, 0.5) is 0 Å². The van der Waals surface area contributed by atoms with Crippen molar-refractivity contribution in [2.24, 2.45) is 5.73 Å². The number of nitrogens with two attached hydrogens (primary N) is 1. The van der Waals surface area contributed by atoms with Gasteiger partial charge in [-0.2, -0.15) is 0 Å². The lowest BCUT2D eigenvalue weighted by molar-refractivity contribution is 0.505. The van der Waals surface area contributed by atoms with E-state index in [4.69, 9.17) is 10.2 Å². The van der Waals surface area contributed by atoms with Gasteiger partial charge in [0.2, 0.25) is 5.89 Å². The number of aromatic nitrogens is 3. The zero-order valence-corrected chi connectivity index (χ0v) is 8.47. The van der Waals surface area contributed by atoms with E-state index < -0.39 is 0 Å². The molecule has 0 aliphatic heterocycles. The Hall–Kier alpha value is -1.75. The van der Waals surface area contributed by atoms with Crippen LogP contribution in [-0.2, 0) is 6.42 Å². The van der Waals surface area contributed by atoms with Crippen LogP contribution < -0.4 is 5.73 Å². The van der Waals surface area contributed by atoms with Crippen LogP contribution >= 0.6 is 0 Å². The topological polar surface area (TPSA) is 77.8 Å². The molecule has 0 amide bonds. The molecule has 78 valence electrons. The lowest BCUT2D eigenvalue weighted by Gasteiger charge is -1.94. The Bertz CT molecular complexity index is 452. The molecule has 15 heavy (non-hydrogen) atoms. The van der Waals surface area contributed by atoms with E-state index in [2.05, 4.69) is 15.2 Å². The van der Waals surface area contributed by atoms with Gasteiger partial charge in [0, 0.05) is 18.7 Å². The van der Waals surface area contributed by atoms with E-state index >= 15 is 0 Å². The molecule has 0 unspecified atom stereocenters. The summed E-state index contributed by atoms with van der Waals surface area (Å²) in [6.45, 7) is 2.42. The van der Waals surface area contributed by atoms with Gasteiger partial charge in [-0.25, -0.2) is 4.98 Å². The average molecular weight is 204 g/mol. The summed E-state index contributed by atoms with van der Waals surface area (Å²) in [6.07, 6.45) is 0.596. The van der Waals surface area contributed by atoms with E-state index in [0.717, 1.165) is 5.69 Å². The molecule has 0 aliphatic carbocycles. The molecule has 0 spiro atoms. The molecule has 5 heteroatoms. The third-order valence-corrected chi connectivity index (χ3v) is 1.93. The van der Waals surface area contributed by atoms with Gasteiger partial charge in [-0.15, -0.1) is 10.2 Å². The Labute approximate surface area is 87.3 Å². The quantitative estimate of drug-likeness (QED) is 0.805. The van der Waals surface area contributed by atoms with E-state index in [1.807, 2.05) is 25.1 Å². The number of aryl methyl sites for hydroxylation is 1. The number of pyridine rings is 1. The first kappa shape index (κ1) is 9.79. The van der Waals surface area contributed by atoms with Crippen molar-refractivity contribution in [2.75, 3.05) is 6.54 Å². The molecule has 2 aromatic heterocycles. The van der Waals surface area contributed by atoms with Crippen molar-refractivity contribution in [3.63, 3.8) is 0 Å². The maximum atomic E-state index is 5.40. The van der Waals surface area contributed by atoms with Crippen molar-refractivity contribution in [3.8, 4) is 11.6 Å². The summed E-state index contributed by atoms with van der Waals surface area (Å²) >= 11 is 0. The van der Waals surface area contributed by atoms with Crippen LogP contribution in [0.3, 0.4) is 0 Å². The van der Waals surface area contributed by atoms with Crippen LogP contribution in [0.15, 0.2) is 22.6 Å². The zero-order valence-electron chi connectivity index (χ0n) is 8.47. The van der Waals surface area contributed by atoms with Gasteiger partial charge in [0.05, 0.1) is 0 Å². The van der Waals surface area contributed by atoms with E-state index in [1.165, 1.54) is 0 Å². The van der Waals surface area contributed by atoms with Crippen molar-refractivity contribution < 1.29 is 4.42 Å². The second kappa shape index (κ2) is 4.18. The highest BCUT2D eigenvalue weighted by Crippen LogP contribution is 2.15. The fraction of sp³-hybridized carbons (Fsp3) is 0.300. The van der Waals surface area contributed by atoms with Gasteiger partial charge in [0.1, 0.15) is 5.69 Å². The lowest BCUT2D eigenvalue weighted by atomic mass is 10.3. The molecular formula is C10H12N4O. The van der Waals surface area contributed by atoms with Crippen molar-refractivity contribution in [3.05, 3.63) is 29.8 Å². The number of nitrogens with zero attached hydrogens (tertiary/aromatic N) is 3. The lowest BCUT2D eigenvalue weighted by Crippen LogP contribution is -2.02. The Morgan fingerprint density at radius 1 is 1.33 bits per heavy atom. The molecule has 0 saturated carbocycles. The van der Waals surface area contributed by atoms with Gasteiger partial charge in [-0.1, -0.05) is 6.07 Å². The summed E-state index contributed by atoms with van der Waals surface area (Å²) in [7, 11) is 0. The van der Waals surface area contributed by atoms with Gasteiger partial charge in [0.25, 0.3) is 5.89 Å². The molecule has 2 heterocycles. The molecule has 2 aromatic rings. The second-order valence-electron chi connectivity index (χ2n) is 3.20. The Morgan fingerprint density at radius 2 is 2.20 bits per heavy atom. The third-order valence-electron chi connectivity index (χ3n) is 1.93. The Balaban J connectivity index is 2.29. The van der Waals surface area contributed by atoms with Crippen LogP contribution in [0, 0.1) is 6.92 Å². The molecule has 0 aliphatic rings. The Kier molecular flexibility index (Phi) is 2.73. The van der Waals surface area contributed by atoms with E-state index in [9.17, 15) is 0 Å². The number of hydrogen-bond donors (Lipinski definition) is 1. The van der Waals surface area contributed by atoms with Crippen LogP contribution in [0.25, 0.3) is 11.6 Å². The second-order valence-corrected chi connectivity index (χ2v) is 3.20. The van der Waals surface area contributed by atoms with Gasteiger partial charge < -0.3 is 10.2 Å². The fourth-order valence-corrected chi connectivity index (χ4v) is 1.24. The van der Waals surface area contributed by atoms with Gasteiger partial charge in [0.15, 0.2) is 0 Å². The molecule has 0 fully saturated rings. The molecule has 5 nitrogen and oxygen atoms in total. The average Bonchev–Trinajstić information content (AvgIpc) is 2.67. The number of hydrogen-bond acceptors (Lipinski definition) is 5. The largest absolute Gasteiger partial charge is 0.419 e. The summed E-state index contributed by atoms with van der Waals surface area (Å²) < 4.78 is 5.40. The fourth-order valence-electron chi connectivity index (χ4n) is 1.24. The maximum absolute atomic E-state index is 5.40. The van der Waals surface area contributed by atoms with Crippen LogP contribution in [0.5, 0.6) is 0 Å². The maximum Gasteiger partial charge on any atom is 0.266 e. The van der Waals surface area contributed by atoms with Crippen LogP contribution in [0.2, 0.25) is 0 Å². The summed E-state index contributed by atoms with van der Waals surface area (Å²) in [6, 6.07) is 5.66. The molecule has 0 radical (unpaired) electrons. The van der Waals surface area contributed by atoms with Crippen LogP contribution in [-0.4, -0.2) is 21.7 Å². The smallest absolute Gasteiger partial charge is 0.266 e. The van der Waals surface area contributed by atoms with E-state index in [-0.39, 0.29) is 0 Å². The molecular weight excluding hydrogens is 192 g/mol. The van der Waals surface area contributed by atoms with Crippen LogP contribution in [0.1, 0.15) is 11.6 Å².